The lowest BCUT2D eigenvalue weighted by molar-refractivity contribution is -0.385. The van der Waals surface area contributed by atoms with Gasteiger partial charge in [-0.25, -0.2) is 0 Å². The van der Waals surface area contributed by atoms with Crippen LogP contribution < -0.4 is 5.32 Å². The monoisotopic (exact) mass is 289 g/mol. The number of para-hydroxylation sites is 1. The molecule has 1 fully saturated rings. The molecular weight excluding hydrogens is 274 g/mol. The normalized spacial score (nSPS) is 20.6. The fourth-order valence-electron chi connectivity index (χ4n) is 2.23. The molecule has 0 saturated heterocycles. The highest BCUT2D eigenvalue weighted by atomic mass is 16.6. The molecule has 0 bridgehead atoms. The molecule has 7 heteroatoms. The number of nitrogens with one attached hydrogen (secondary N) is 1. The maximum Gasteiger partial charge on any atom is 0.278 e. The third kappa shape index (κ3) is 3.01. The van der Waals surface area contributed by atoms with Gasteiger partial charge >= 0.3 is 0 Å². The molecule has 1 N–H and O–H groups in total. The number of hydrogen-bond acceptors (Lipinski definition) is 5. The van der Waals surface area contributed by atoms with Crippen LogP contribution in [-0.2, 0) is 9.63 Å². The van der Waals surface area contributed by atoms with Crippen LogP contribution in [0, 0.1) is 16.0 Å². The van der Waals surface area contributed by atoms with E-state index in [4.69, 9.17) is 4.84 Å². The second kappa shape index (κ2) is 5.51. The van der Waals surface area contributed by atoms with Crippen LogP contribution in [0.1, 0.15) is 24.8 Å². The average molecular weight is 289 g/mol. The zero-order valence-electron chi connectivity index (χ0n) is 11.3. The molecule has 1 aromatic carbocycles. The molecule has 3 rings (SSSR count). The van der Waals surface area contributed by atoms with Gasteiger partial charge in [-0.3, -0.25) is 14.9 Å². The summed E-state index contributed by atoms with van der Waals surface area (Å²) < 4.78 is 0. The zero-order valence-corrected chi connectivity index (χ0v) is 11.3. The Labute approximate surface area is 121 Å². The SMILES string of the molecule is O=C(NCC1CC1)C1CC(c2ccccc2[N+](=O)[O-])=NO1. The highest BCUT2D eigenvalue weighted by molar-refractivity contribution is 6.06. The van der Waals surface area contributed by atoms with Gasteiger partial charge in [0.1, 0.15) is 0 Å². The highest BCUT2D eigenvalue weighted by Gasteiger charge is 2.32. The lowest BCUT2D eigenvalue weighted by Crippen LogP contribution is -2.35. The first-order valence-electron chi connectivity index (χ1n) is 6.89. The Kier molecular flexibility index (Phi) is 3.55. The number of nitro benzene ring substituents is 1. The summed E-state index contributed by atoms with van der Waals surface area (Å²) >= 11 is 0. The predicted octanol–water partition coefficient (Wildman–Crippen LogP) is 1.61. The Bertz CT molecular complexity index is 610. The third-order valence-corrected chi connectivity index (χ3v) is 3.63. The van der Waals surface area contributed by atoms with Crippen molar-refractivity contribution >= 4 is 17.3 Å². The summed E-state index contributed by atoms with van der Waals surface area (Å²) in [5, 5.41) is 17.7. The zero-order chi connectivity index (χ0) is 14.8. The van der Waals surface area contributed by atoms with Crippen LogP contribution in [0.25, 0.3) is 0 Å². The van der Waals surface area contributed by atoms with Gasteiger partial charge in [-0.1, -0.05) is 17.3 Å². The van der Waals surface area contributed by atoms with Crippen molar-refractivity contribution in [1.29, 1.82) is 0 Å². The molecule has 7 nitrogen and oxygen atoms in total. The van der Waals surface area contributed by atoms with Gasteiger partial charge in [0.05, 0.1) is 16.2 Å². The van der Waals surface area contributed by atoms with Gasteiger partial charge in [-0.2, -0.15) is 0 Å². The van der Waals surface area contributed by atoms with Crippen LogP contribution in [0.2, 0.25) is 0 Å². The summed E-state index contributed by atoms with van der Waals surface area (Å²) in [6.07, 6.45) is 1.87. The molecule has 1 aliphatic carbocycles. The summed E-state index contributed by atoms with van der Waals surface area (Å²) in [5.74, 6) is 0.380. The predicted molar refractivity (Wildman–Crippen MR) is 74.9 cm³/mol. The van der Waals surface area contributed by atoms with Crippen LogP contribution in [0.4, 0.5) is 5.69 Å². The van der Waals surface area contributed by atoms with Crippen molar-refractivity contribution in [2.45, 2.75) is 25.4 Å². The minimum Gasteiger partial charge on any atom is -0.382 e. The molecule has 0 spiro atoms. The molecule has 0 aromatic heterocycles. The van der Waals surface area contributed by atoms with E-state index in [-0.39, 0.29) is 18.0 Å². The number of amides is 1. The molecule has 2 aliphatic rings. The lowest BCUT2D eigenvalue weighted by Gasteiger charge is -2.08. The Balaban J connectivity index is 1.66. The molecule has 1 aromatic rings. The van der Waals surface area contributed by atoms with E-state index in [1.54, 1.807) is 18.2 Å². The maximum atomic E-state index is 11.9. The Hall–Kier alpha value is -2.44. The van der Waals surface area contributed by atoms with E-state index in [2.05, 4.69) is 10.5 Å². The fourth-order valence-corrected chi connectivity index (χ4v) is 2.23. The molecule has 0 radical (unpaired) electrons. The van der Waals surface area contributed by atoms with Gasteiger partial charge < -0.3 is 10.2 Å². The van der Waals surface area contributed by atoms with Crippen molar-refractivity contribution in [1.82, 2.24) is 5.32 Å². The first-order chi connectivity index (χ1) is 10.1. The molecule has 21 heavy (non-hydrogen) atoms. The third-order valence-electron chi connectivity index (χ3n) is 3.63. The van der Waals surface area contributed by atoms with Crippen LogP contribution in [0.5, 0.6) is 0 Å². The highest BCUT2D eigenvalue weighted by Crippen LogP contribution is 2.28. The summed E-state index contributed by atoms with van der Waals surface area (Å²) in [5.41, 5.74) is 0.813. The Morgan fingerprint density at radius 2 is 2.19 bits per heavy atom. The van der Waals surface area contributed by atoms with E-state index in [0.29, 0.717) is 23.7 Å². The molecule has 1 atom stereocenters. The van der Waals surface area contributed by atoms with Gasteiger partial charge in [-0.15, -0.1) is 0 Å². The van der Waals surface area contributed by atoms with Crippen LogP contribution in [0.15, 0.2) is 29.4 Å². The van der Waals surface area contributed by atoms with Crippen LogP contribution >= 0.6 is 0 Å². The molecule has 1 amide bonds. The maximum absolute atomic E-state index is 11.9. The topological polar surface area (TPSA) is 93.8 Å². The summed E-state index contributed by atoms with van der Waals surface area (Å²) in [6, 6.07) is 6.33. The van der Waals surface area contributed by atoms with Crippen molar-refractivity contribution in [3.63, 3.8) is 0 Å². The number of nitro groups is 1. The minimum absolute atomic E-state index is 0.0288. The Morgan fingerprint density at radius 3 is 2.90 bits per heavy atom. The molecule has 1 heterocycles. The summed E-state index contributed by atoms with van der Waals surface area (Å²) in [7, 11) is 0. The smallest absolute Gasteiger partial charge is 0.278 e. The van der Waals surface area contributed by atoms with E-state index >= 15 is 0 Å². The van der Waals surface area contributed by atoms with Gasteiger partial charge in [0.2, 0.25) is 6.10 Å². The lowest BCUT2D eigenvalue weighted by atomic mass is 10.0. The number of carbonyl (C=O) groups excluding carboxylic acids is 1. The largest absolute Gasteiger partial charge is 0.382 e. The van der Waals surface area contributed by atoms with Gasteiger partial charge in [0.25, 0.3) is 11.6 Å². The summed E-state index contributed by atoms with van der Waals surface area (Å²) in [6.45, 7) is 0.666. The first-order valence-corrected chi connectivity index (χ1v) is 6.89. The van der Waals surface area contributed by atoms with Crippen molar-refractivity contribution < 1.29 is 14.6 Å². The van der Waals surface area contributed by atoms with Gasteiger partial charge in [0.15, 0.2) is 0 Å². The van der Waals surface area contributed by atoms with Gasteiger partial charge in [-0.05, 0) is 24.8 Å². The van der Waals surface area contributed by atoms with Crippen molar-refractivity contribution in [2.24, 2.45) is 11.1 Å². The van der Waals surface area contributed by atoms with Crippen LogP contribution in [0.3, 0.4) is 0 Å². The molecular formula is C14H15N3O4. The van der Waals surface area contributed by atoms with Gasteiger partial charge in [0, 0.05) is 19.0 Å². The number of rotatable bonds is 5. The van der Waals surface area contributed by atoms with Crippen molar-refractivity contribution in [3.8, 4) is 0 Å². The van der Waals surface area contributed by atoms with Crippen molar-refractivity contribution in [3.05, 3.63) is 39.9 Å². The van der Waals surface area contributed by atoms with E-state index in [1.165, 1.54) is 6.07 Å². The molecule has 1 saturated carbocycles. The number of hydrogen-bond donors (Lipinski definition) is 1. The summed E-state index contributed by atoms with van der Waals surface area (Å²) in [4.78, 5) is 27.6. The number of carbonyl (C=O) groups is 1. The molecule has 1 unspecified atom stereocenters. The first kappa shape index (κ1) is 13.5. The quantitative estimate of drug-likeness (QED) is 0.658. The number of benzene rings is 1. The van der Waals surface area contributed by atoms with E-state index in [1.807, 2.05) is 0 Å². The Morgan fingerprint density at radius 1 is 1.43 bits per heavy atom. The van der Waals surface area contributed by atoms with E-state index < -0.39 is 11.0 Å². The van der Waals surface area contributed by atoms with E-state index in [0.717, 1.165) is 12.8 Å². The van der Waals surface area contributed by atoms with Crippen LogP contribution in [-0.4, -0.2) is 29.2 Å². The molecule has 1 aliphatic heterocycles. The number of nitrogens with zero attached hydrogens (tertiary/aromatic N) is 2. The standard InChI is InChI=1S/C14H15N3O4/c18-14(15-8-9-5-6-9)13-7-11(16-21-13)10-3-1-2-4-12(10)17(19)20/h1-4,9,13H,5-8H2,(H,15,18). The second-order valence-corrected chi connectivity index (χ2v) is 5.30. The second-order valence-electron chi connectivity index (χ2n) is 5.30. The van der Waals surface area contributed by atoms with E-state index in [9.17, 15) is 14.9 Å². The van der Waals surface area contributed by atoms with Crippen molar-refractivity contribution in [2.75, 3.05) is 6.54 Å². The molecule has 110 valence electrons. The number of oxime groups is 1. The average Bonchev–Trinajstić information content (AvgIpc) is 3.19. The minimum atomic E-state index is -0.696. The fraction of sp³-hybridized carbons (Fsp3) is 0.429.